The third kappa shape index (κ3) is 28.5. The molecule has 0 aliphatic rings. The highest BCUT2D eigenvalue weighted by Gasteiger charge is 2.42. The number of rotatable bonds is 45. The third-order valence-corrected chi connectivity index (χ3v) is 16.7. The Morgan fingerprint density at radius 1 is 0.273 bits per heavy atom. The molecule has 0 fully saturated rings. The predicted octanol–water partition coefficient (Wildman–Crippen LogP) is 7.19. The van der Waals surface area contributed by atoms with Crippen molar-refractivity contribution in [3.05, 3.63) is 0 Å². The molecule has 0 rings (SSSR count). The molecular formula is C39H88O12Si4. The fraction of sp³-hybridized carbons (Fsp3) is 1.00. The van der Waals surface area contributed by atoms with E-state index in [1.165, 1.54) is 0 Å². The minimum Gasteiger partial charge on any atom is -0.416 e. The van der Waals surface area contributed by atoms with Crippen LogP contribution in [0.25, 0.3) is 0 Å². The Kier molecular flexibility index (Phi) is 38.9. The Balaban J connectivity index is 6.83. The van der Waals surface area contributed by atoms with Gasteiger partial charge in [-0.1, -0.05) is 120 Å². The summed E-state index contributed by atoms with van der Waals surface area (Å²) in [5.41, 5.74) is -3.77. The Morgan fingerprint density at radius 3 is 0.545 bits per heavy atom. The van der Waals surface area contributed by atoms with Crippen LogP contribution in [0.5, 0.6) is 0 Å². The predicted molar refractivity (Wildman–Crippen MR) is 232 cm³/mol. The molecule has 0 N–H and O–H groups in total. The molecule has 0 aromatic heterocycles. The average Bonchev–Trinajstić information content (AvgIpc) is 3.18. The second-order valence-corrected chi connectivity index (χ2v) is 22.1. The van der Waals surface area contributed by atoms with Gasteiger partial charge in [0.1, 0.15) is 0 Å². The molecule has 12 nitrogen and oxygen atoms in total. The zero-order valence-electron chi connectivity index (χ0n) is 37.2. The molecular weight excluding hydrogens is 773 g/mol. The summed E-state index contributed by atoms with van der Waals surface area (Å²) < 4.78 is 78.8. The molecule has 0 aromatic carbocycles. The summed E-state index contributed by atoms with van der Waals surface area (Å²) in [5, 5.41) is 0. The first-order chi connectivity index (χ1) is 26.8. The van der Waals surface area contributed by atoms with Crippen LogP contribution >= 0.6 is 0 Å². The first-order valence-electron chi connectivity index (χ1n) is 22.4. The lowest BCUT2D eigenvalue weighted by Gasteiger charge is -2.37. The zero-order valence-corrected chi connectivity index (χ0v) is 42.6. The molecule has 0 aromatic rings. The summed E-state index contributed by atoms with van der Waals surface area (Å²) in [6.07, 6.45) is 17.0. The Bertz CT molecular complexity index is 629. The van der Waals surface area contributed by atoms with E-state index in [9.17, 15) is 0 Å². The molecule has 0 heterocycles. The standard InChI is InChI=1S/C39H88O12Si4/c1-10-19-28-40-37(41-29-20-11-2,42-30-21-12-3)52-49-55(50-53-38(43-31-22-13-4,44-32-23-14-5)45-33-24-15-6)51-54-39(46-34-25-16-7,47-35-26-17-8)48-36-27-18-9/h55H,10-36,52-54H2,1-9H3. The van der Waals surface area contributed by atoms with Crippen molar-refractivity contribution >= 4 is 38.8 Å². The van der Waals surface area contributed by atoms with Crippen LogP contribution in [0.1, 0.15) is 178 Å². The number of hydrogen-bond donors (Lipinski definition) is 0. The summed E-state index contributed by atoms with van der Waals surface area (Å²) in [5.74, 6) is 0. The van der Waals surface area contributed by atoms with Crippen molar-refractivity contribution in [1.82, 2.24) is 0 Å². The van der Waals surface area contributed by atoms with E-state index < -0.39 is 55.6 Å². The zero-order chi connectivity index (χ0) is 40.8. The first-order valence-corrected chi connectivity index (χ1v) is 27.7. The van der Waals surface area contributed by atoms with Gasteiger partial charge in [-0.2, -0.15) is 0 Å². The van der Waals surface area contributed by atoms with Crippen LogP contribution in [0.4, 0.5) is 0 Å². The highest BCUT2D eigenvalue weighted by Crippen LogP contribution is 2.23. The van der Waals surface area contributed by atoms with Gasteiger partial charge >= 0.3 is 9.53 Å². The molecule has 0 saturated heterocycles. The maximum Gasteiger partial charge on any atom is 0.452 e. The van der Waals surface area contributed by atoms with Crippen molar-refractivity contribution in [2.45, 2.75) is 195 Å². The van der Waals surface area contributed by atoms with Gasteiger partial charge in [-0.05, 0) is 57.8 Å². The van der Waals surface area contributed by atoms with Crippen LogP contribution < -0.4 is 0 Å². The largest absolute Gasteiger partial charge is 0.452 e. The van der Waals surface area contributed by atoms with Crippen LogP contribution in [-0.2, 0) is 55.0 Å². The Hall–Kier alpha value is 0.388. The van der Waals surface area contributed by atoms with Crippen LogP contribution in [0, 0.1) is 0 Å². The van der Waals surface area contributed by atoms with Gasteiger partial charge in [0.2, 0.25) is 0 Å². The van der Waals surface area contributed by atoms with Gasteiger partial charge in [-0.15, -0.1) is 0 Å². The Morgan fingerprint density at radius 2 is 0.418 bits per heavy atom. The van der Waals surface area contributed by atoms with Crippen LogP contribution in [0.3, 0.4) is 0 Å². The lowest BCUT2D eigenvalue weighted by Crippen LogP contribution is -2.54. The smallest absolute Gasteiger partial charge is 0.416 e. The number of ether oxygens (including phenoxy) is 9. The molecule has 16 heteroatoms. The van der Waals surface area contributed by atoms with Crippen molar-refractivity contribution in [3.63, 3.8) is 0 Å². The van der Waals surface area contributed by atoms with Crippen molar-refractivity contribution in [2.75, 3.05) is 59.5 Å². The molecule has 0 atom stereocenters. The monoisotopic (exact) mass is 861 g/mol. The van der Waals surface area contributed by atoms with Gasteiger partial charge in [0.15, 0.2) is 0 Å². The van der Waals surface area contributed by atoms with E-state index in [1.54, 1.807) is 0 Å². The molecule has 0 amide bonds. The Labute approximate surface area is 346 Å². The molecule has 0 spiro atoms. The molecule has 332 valence electrons. The fourth-order valence-corrected chi connectivity index (χ4v) is 14.6. The molecule has 0 saturated carbocycles. The lowest BCUT2D eigenvalue weighted by molar-refractivity contribution is -0.333. The molecule has 0 unspecified atom stereocenters. The van der Waals surface area contributed by atoms with E-state index in [-0.39, 0.29) is 0 Å². The van der Waals surface area contributed by atoms with Gasteiger partial charge in [0, 0.05) is 0 Å². The fourth-order valence-electron chi connectivity index (χ4n) is 4.75. The third-order valence-electron chi connectivity index (χ3n) is 8.57. The summed E-state index contributed by atoms with van der Waals surface area (Å²) >= 11 is 0. The van der Waals surface area contributed by atoms with Gasteiger partial charge < -0.3 is 55.0 Å². The topological polar surface area (TPSA) is 111 Å². The minimum atomic E-state index is -2.94. The quantitative estimate of drug-likeness (QED) is 0.0351. The first kappa shape index (κ1) is 55.4. The van der Waals surface area contributed by atoms with Crippen LogP contribution in [0.15, 0.2) is 0 Å². The average molecular weight is 861 g/mol. The van der Waals surface area contributed by atoms with E-state index in [2.05, 4.69) is 62.3 Å². The second-order valence-electron chi connectivity index (χ2n) is 14.1. The van der Waals surface area contributed by atoms with Crippen LogP contribution in [-0.4, -0.2) is 115 Å². The molecule has 0 radical (unpaired) electrons. The molecule has 0 aliphatic carbocycles. The van der Waals surface area contributed by atoms with Crippen LogP contribution in [0.2, 0.25) is 0 Å². The lowest BCUT2D eigenvalue weighted by atomic mass is 10.4. The van der Waals surface area contributed by atoms with E-state index in [0.717, 1.165) is 116 Å². The molecule has 0 aliphatic heterocycles. The molecule has 0 bridgehead atoms. The van der Waals surface area contributed by atoms with Crippen molar-refractivity contribution in [2.24, 2.45) is 0 Å². The second kappa shape index (κ2) is 38.6. The maximum atomic E-state index is 6.84. The van der Waals surface area contributed by atoms with E-state index >= 15 is 0 Å². The SMILES string of the molecule is CCCCOC(OCCCC)(OCCCC)[SiH2]O[SiH](O[SiH2]C(OCCCC)(OCCCC)OCCCC)O[SiH2]C(OCCCC)(OCCCC)OCCCC. The summed E-state index contributed by atoms with van der Waals surface area (Å²) in [6, 6.07) is 0. The number of unbranched alkanes of at least 4 members (excludes halogenated alkanes) is 9. The van der Waals surface area contributed by atoms with Gasteiger partial charge in [0.25, 0.3) is 46.1 Å². The highest BCUT2D eigenvalue weighted by atomic mass is 28.4. The summed E-state index contributed by atoms with van der Waals surface area (Å²) in [4.78, 5) is 0. The van der Waals surface area contributed by atoms with Crippen molar-refractivity contribution in [3.8, 4) is 0 Å². The number of hydrogen-bond acceptors (Lipinski definition) is 12. The minimum absolute atomic E-state index is 0.512. The van der Waals surface area contributed by atoms with E-state index in [0.29, 0.717) is 59.5 Å². The van der Waals surface area contributed by atoms with E-state index in [4.69, 9.17) is 55.0 Å². The summed E-state index contributed by atoms with van der Waals surface area (Å²) in [7, 11) is -8.08. The van der Waals surface area contributed by atoms with Gasteiger partial charge in [0.05, 0.1) is 59.5 Å². The molecule has 55 heavy (non-hydrogen) atoms. The summed E-state index contributed by atoms with van der Waals surface area (Å²) in [6.45, 7) is 23.9. The van der Waals surface area contributed by atoms with Gasteiger partial charge in [-0.3, -0.25) is 0 Å². The maximum absolute atomic E-state index is 6.84. The van der Waals surface area contributed by atoms with Crippen molar-refractivity contribution in [1.29, 1.82) is 0 Å². The van der Waals surface area contributed by atoms with Gasteiger partial charge in [-0.25, -0.2) is 0 Å². The van der Waals surface area contributed by atoms with Crippen molar-refractivity contribution < 1.29 is 55.0 Å². The highest BCUT2D eigenvalue weighted by molar-refractivity contribution is 6.59. The normalized spacial score (nSPS) is 13.9. The van der Waals surface area contributed by atoms with E-state index in [1.807, 2.05) is 0 Å².